The van der Waals surface area contributed by atoms with Gasteiger partial charge in [0.2, 0.25) is 0 Å². The number of carbonyl (C=O) groups is 1. The van der Waals surface area contributed by atoms with Crippen molar-refractivity contribution in [3.05, 3.63) is 62.8 Å². The number of aromatic nitrogens is 4. The third-order valence-electron chi connectivity index (χ3n) is 7.44. The van der Waals surface area contributed by atoms with E-state index in [0.29, 0.717) is 36.3 Å². The van der Waals surface area contributed by atoms with E-state index in [0.717, 1.165) is 53.5 Å². The Kier molecular flexibility index (Phi) is 7.40. The average Bonchev–Trinajstić information content (AvgIpc) is 3.33. The maximum atomic E-state index is 13.3. The number of nitrogens with zero attached hydrogens (tertiary/aromatic N) is 5. The Morgan fingerprint density at radius 2 is 1.92 bits per heavy atom. The van der Waals surface area contributed by atoms with Crippen molar-refractivity contribution in [1.82, 2.24) is 29.5 Å². The van der Waals surface area contributed by atoms with Gasteiger partial charge in [-0.2, -0.15) is 5.10 Å². The predicted molar refractivity (Wildman–Crippen MR) is 152 cm³/mol. The van der Waals surface area contributed by atoms with E-state index in [4.69, 9.17) is 11.6 Å². The second kappa shape index (κ2) is 10.7. The Balaban J connectivity index is 1.41. The molecule has 0 bridgehead atoms. The molecule has 1 saturated heterocycles. The molecule has 0 unspecified atom stereocenters. The lowest BCUT2D eigenvalue weighted by Crippen LogP contribution is -2.43. The van der Waals surface area contributed by atoms with E-state index in [1.54, 1.807) is 23.7 Å². The lowest BCUT2D eigenvalue weighted by atomic mass is 9.98. The summed E-state index contributed by atoms with van der Waals surface area (Å²) in [5, 5.41) is 13.9. The van der Waals surface area contributed by atoms with E-state index in [1.165, 1.54) is 0 Å². The number of likely N-dealkylation sites (tertiary alicyclic amines) is 1. The van der Waals surface area contributed by atoms with Gasteiger partial charge < -0.3 is 15.5 Å². The van der Waals surface area contributed by atoms with Gasteiger partial charge >= 0.3 is 0 Å². The number of aryl methyl sites for hydroxylation is 3. The van der Waals surface area contributed by atoms with Gasteiger partial charge in [-0.15, -0.1) is 0 Å². The molecule has 1 aliphatic heterocycles. The van der Waals surface area contributed by atoms with E-state index in [1.807, 2.05) is 30.8 Å². The second-order valence-corrected chi connectivity index (χ2v) is 10.6. The van der Waals surface area contributed by atoms with E-state index in [9.17, 15) is 9.59 Å². The highest BCUT2D eigenvalue weighted by molar-refractivity contribution is 6.29. The first-order valence-electron chi connectivity index (χ1n) is 13.1. The van der Waals surface area contributed by atoms with Crippen molar-refractivity contribution in [2.75, 3.05) is 32.0 Å². The molecule has 0 spiro atoms. The average molecular weight is 536 g/mol. The van der Waals surface area contributed by atoms with Crippen molar-refractivity contribution in [2.24, 2.45) is 7.05 Å². The fraction of sp³-hybridized carbons (Fsp3) is 0.429. The number of hydrogen-bond donors (Lipinski definition) is 2. The molecule has 4 aromatic rings. The largest absolute Gasteiger partial charge is 0.383 e. The molecule has 10 heteroatoms. The Bertz CT molecular complexity index is 1570. The molecule has 200 valence electrons. The highest BCUT2D eigenvalue weighted by Crippen LogP contribution is 2.28. The molecule has 0 atom stereocenters. The minimum absolute atomic E-state index is 0.0321. The van der Waals surface area contributed by atoms with Crippen molar-refractivity contribution >= 4 is 45.0 Å². The van der Waals surface area contributed by atoms with Crippen LogP contribution < -0.4 is 16.2 Å². The Labute approximate surface area is 226 Å². The number of piperidine rings is 1. The summed E-state index contributed by atoms with van der Waals surface area (Å²) in [5.41, 5.74) is 3.80. The molecule has 1 amide bonds. The molecule has 0 radical (unpaired) electrons. The summed E-state index contributed by atoms with van der Waals surface area (Å²) in [5.74, 6) is -0.220. The summed E-state index contributed by atoms with van der Waals surface area (Å²) < 4.78 is 3.54. The van der Waals surface area contributed by atoms with Crippen LogP contribution in [0.1, 0.15) is 41.4 Å². The van der Waals surface area contributed by atoms with Crippen LogP contribution in [0.3, 0.4) is 0 Å². The molecule has 3 aromatic heterocycles. The molecule has 1 aliphatic rings. The van der Waals surface area contributed by atoms with Crippen LogP contribution in [0.2, 0.25) is 5.15 Å². The van der Waals surface area contributed by atoms with Crippen molar-refractivity contribution in [3.8, 4) is 0 Å². The molecule has 38 heavy (non-hydrogen) atoms. The number of fused-ring (bicyclic) bond motifs is 3. The monoisotopic (exact) mass is 535 g/mol. The van der Waals surface area contributed by atoms with Gasteiger partial charge in [0.25, 0.3) is 11.5 Å². The Hall–Kier alpha value is -3.43. The zero-order valence-electron chi connectivity index (χ0n) is 22.3. The zero-order chi connectivity index (χ0) is 27.0. The lowest BCUT2D eigenvalue weighted by molar-refractivity contribution is 0.0912. The minimum Gasteiger partial charge on any atom is -0.383 e. The zero-order valence-corrected chi connectivity index (χ0v) is 23.1. The number of benzene rings is 1. The first-order chi connectivity index (χ1) is 18.3. The van der Waals surface area contributed by atoms with Gasteiger partial charge in [-0.05, 0) is 77.0 Å². The third kappa shape index (κ3) is 5.00. The molecule has 5 rings (SSSR count). The third-order valence-corrected chi connectivity index (χ3v) is 7.65. The molecule has 1 fully saturated rings. The smallest absolute Gasteiger partial charge is 0.272 e. The summed E-state index contributed by atoms with van der Waals surface area (Å²) in [6.45, 7) is 7.16. The van der Waals surface area contributed by atoms with Gasteiger partial charge in [0.1, 0.15) is 10.8 Å². The molecule has 1 aromatic carbocycles. The van der Waals surface area contributed by atoms with Crippen molar-refractivity contribution in [3.63, 3.8) is 0 Å². The van der Waals surface area contributed by atoms with E-state index in [-0.39, 0.29) is 22.7 Å². The highest BCUT2D eigenvalue weighted by atomic mass is 35.5. The number of halogens is 1. The predicted octanol–water partition coefficient (Wildman–Crippen LogP) is 3.74. The van der Waals surface area contributed by atoms with Crippen LogP contribution >= 0.6 is 11.6 Å². The topological polar surface area (TPSA) is 97.1 Å². The summed E-state index contributed by atoms with van der Waals surface area (Å²) in [6.07, 6.45) is 4.32. The van der Waals surface area contributed by atoms with Crippen LogP contribution in [0.15, 0.2) is 35.3 Å². The normalized spacial score (nSPS) is 14.9. The summed E-state index contributed by atoms with van der Waals surface area (Å²) in [4.78, 5) is 33.0. The van der Waals surface area contributed by atoms with Crippen molar-refractivity contribution < 1.29 is 4.79 Å². The number of pyridine rings is 2. The molecular formula is C28H34ClN7O2. The summed E-state index contributed by atoms with van der Waals surface area (Å²) in [6, 6.07) is 7.68. The number of hydrogen-bond acceptors (Lipinski definition) is 6. The van der Waals surface area contributed by atoms with Crippen molar-refractivity contribution in [1.29, 1.82) is 0 Å². The van der Waals surface area contributed by atoms with Gasteiger partial charge in [-0.1, -0.05) is 23.2 Å². The van der Waals surface area contributed by atoms with Gasteiger partial charge in [0.15, 0.2) is 5.69 Å². The van der Waals surface area contributed by atoms with Crippen LogP contribution in [-0.2, 0) is 20.0 Å². The molecule has 0 saturated carbocycles. The number of nitrogens with one attached hydrogen (secondary N) is 2. The number of carbonyl (C=O) groups excluding carboxylic acids is 1. The number of amides is 1. The van der Waals surface area contributed by atoms with Crippen molar-refractivity contribution in [2.45, 2.75) is 45.7 Å². The van der Waals surface area contributed by atoms with Crippen LogP contribution in [0, 0.1) is 6.92 Å². The van der Waals surface area contributed by atoms with Gasteiger partial charge in [0, 0.05) is 42.3 Å². The molecular weight excluding hydrogens is 502 g/mol. The molecule has 0 aliphatic carbocycles. The lowest BCUT2D eigenvalue weighted by Gasteiger charge is -2.29. The summed E-state index contributed by atoms with van der Waals surface area (Å²) in [7, 11) is 3.89. The quantitative estimate of drug-likeness (QED) is 0.350. The van der Waals surface area contributed by atoms with Crippen LogP contribution in [0.4, 0.5) is 5.69 Å². The first-order valence-corrected chi connectivity index (χ1v) is 13.5. The molecule has 9 nitrogen and oxygen atoms in total. The Morgan fingerprint density at radius 3 is 2.66 bits per heavy atom. The maximum absolute atomic E-state index is 13.3. The van der Waals surface area contributed by atoms with Gasteiger partial charge in [-0.3, -0.25) is 14.2 Å². The van der Waals surface area contributed by atoms with Crippen LogP contribution in [0.5, 0.6) is 0 Å². The first kappa shape index (κ1) is 26.2. The molecule has 2 N–H and O–H groups in total. The van der Waals surface area contributed by atoms with Gasteiger partial charge in [0.05, 0.1) is 11.9 Å². The van der Waals surface area contributed by atoms with E-state index in [2.05, 4.69) is 38.7 Å². The number of rotatable bonds is 7. The van der Waals surface area contributed by atoms with E-state index < -0.39 is 0 Å². The minimum atomic E-state index is -0.220. The fourth-order valence-corrected chi connectivity index (χ4v) is 5.60. The summed E-state index contributed by atoms with van der Waals surface area (Å²) >= 11 is 6.17. The Morgan fingerprint density at radius 1 is 1.16 bits per heavy atom. The SMILES string of the molecule is CCn1ncc2c3c(CCNc4ccc(Cl)nc4C(=O)NC4CCN(C)CC4)cc(C)cc3c(=O)n(C)c21. The fourth-order valence-electron chi connectivity index (χ4n) is 5.45. The van der Waals surface area contributed by atoms with E-state index >= 15 is 0 Å². The standard InChI is InChI=1S/C28H34ClN7O2/c1-5-36-27-21(16-31-36)24-18(14-17(2)15-20(24)28(38)35(27)4)8-11-30-22-6-7-23(29)33-25(22)26(37)32-19-9-12-34(3)13-10-19/h6-7,14-16,19,30H,5,8-13H2,1-4H3,(H,32,37). The molecule has 4 heterocycles. The number of anilines is 1. The highest BCUT2D eigenvalue weighted by Gasteiger charge is 2.22. The van der Waals surface area contributed by atoms with Gasteiger partial charge in [-0.25, -0.2) is 9.67 Å². The van der Waals surface area contributed by atoms with Crippen LogP contribution in [-0.4, -0.2) is 62.9 Å². The van der Waals surface area contributed by atoms with Crippen LogP contribution in [0.25, 0.3) is 21.8 Å². The maximum Gasteiger partial charge on any atom is 0.272 e. The second-order valence-electron chi connectivity index (χ2n) is 10.2.